The van der Waals surface area contributed by atoms with Crippen LogP contribution in [0.15, 0.2) is 30.3 Å². The van der Waals surface area contributed by atoms with Crippen molar-refractivity contribution in [2.75, 3.05) is 25.1 Å². The summed E-state index contributed by atoms with van der Waals surface area (Å²) in [4.78, 5) is 23.6. The first-order chi connectivity index (χ1) is 11.7. The van der Waals surface area contributed by atoms with E-state index in [1.807, 2.05) is 25.1 Å². The van der Waals surface area contributed by atoms with E-state index in [0.29, 0.717) is 18.8 Å². The normalized spacial score (nSPS) is 28.0. The molecule has 0 unspecified atom stereocenters. The van der Waals surface area contributed by atoms with Crippen molar-refractivity contribution in [3.8, 4) is 0 Å². The van der Waals surface area contributed by atoms with Crippen LogP contribution in [0.2, 0.25) is 0 Å². The molecule has 2 aliphatic rings. The van der Waals surface area contributed by atoms with Gasteiger partial charge in [0.25, 0.3) is 0 Å². The van der Waals surface area contributed by atoms with Gasteiger partial charge in [0.15, 0.2) is 6.10 Å². The molecule has 0 radical (unpaired) electrons. The van der Waals surface area contributed by atoms with Crippen molar-refractivity contribution in [3.63, 3.8) is 0 Å². The molecule has 3 rings (SSSR count). The molecule has 0 spiro atoms. The summed E-state index contributed by atoms with van der Waals surface area (Å²) in [6, 6.07) is 8.54. The number of fused-ring (bicyclic) bond motifs is 1. The van der Waals surface area contributed by atoms with Crippen LogP contribution < -0.4 is 16.0 Å². The molecule has 3 N–H and O–H groups in total. The van der Waals surface area contributed by atoms with E-state index in [2.05, 4.69) is 16.0 Å². The Hall–Kier alpha value is -2.32. The number of urea groups is 1. The number of rotatable bonds is 4. The molecule has 2 heterocycles. The summed E-state index contributed by atoms with van der Waals surface area (Å²) in [5, 5.41) is 8.17. The minimum absolute atomic E-state index is 0.255. The Morgan fingerprint density at radius 3 is 2.67 bits per heavy atom. The Bertz CT molecular complexity index is 582. The van der Waals surface area contributed by atoms with E-state index >= 15 is 0 Å². The van der Waals surface area contributed by atoms with Crippen molar-refractivity contribution in [3.05, 3.63) is 30.3 Å². The number of hydrogen-bond acceptors (Lipinski definition) is 5. The van der Waals surface area contributed by atoms with Crippen LogP contribution in [-0.4, -0.2) is 56.2 Å². The van der Waals surface area contributed by atoms with Crippen LogP contribution in [-0.2, 0) is 14.2 Å². The third-order valence-electron chi connectivity index (χ3n) is 3.94. The second kappa shape index (κ2) is 7.50. The largest absolute Gasteiger partial charge is 0.441 e. The molecule has 1 aromatic rings. The fourth-order valence-corrected chi connectivity index (χ4v) is 2.87. The number of benzene rings is 1. The highest BCUT2D eigenvalue weighted by atomic mass is 16.6. The maximum atomic E-state index is 12.1. The molecule has 130 valence electrons. The van der Waals surface area contributed by atoms with Gasteiger partial charge in [0, 0.05) is 12.2 Å². The predicted molar refractivity (Wildman–Crippen MR) is 85.8 cm³/mol. The van der Waals surface area contributed by atoms with Gasteiger partial charge in [-0.3, -0.25) is 0 Å². The lowest BCUT2D eigenvalue weighted by molar-refractivity contribution is 0.00419. The smallest absolute Gasteiger partial charge is 0.407 e. The van der Waals surface area contributed by atoms with Crippen LogP contribution in [0.25, 0.3) is 0 Å². The van der Waals surface area contributed by atoms with Crippen LogP contribution in [0.4, 0.5) is 15.3 Å². The summed E-state index contributed by atoms with van der Waals surface area (Å²) in [6.07, 6.45) is -1.65. The maximum Gasteiger partial charge on any atom is 0.407 e. The van der Waals surface area contributed by atoms with Crippen molar-refractivity contribution in [1.29, 1.82) is 0 Å². The molecule has 0 aliphatic carbocycles. The van der Waals surface area contributed by atoms with E-state index in [0.717, 1.165) is 0 Å². The molecule has 0 aromatic heterocycles. The number of nitrogens with one attached hydrogen (secondary N) is 3. The number of amides is 3. The van der Waals surface area contributed by atoms with Crippen LogP contribution >= 0.6 is 0 Å². The number of alkyl carbamates (subject to hydrolysis) is 1. The summed E-state index contributed by atoms with van der Waals surface area (Å²) in [6.45, 7) is 2.87. The summed E-state index contributed by atoms with van der Waals surface area (Å²) in [5.41, 5.74) is 0.704. The molecule has 0 bridgehead atoms. The third kappa shape index (κ3) is 3.77. The van der Waals surface area contributed by atoms with Gasteiger partial charge in [-0.05, 0) is 19.1 Å². The van der Waals surface area contributed by atoms with Crippen LogP contribution in [0, 0.1) is 0 Å². The zero-order valence-corrected chi connectivity index (χ0v) is 13.4. The highest BCUT2D eigenvalue weighted by molar-refractivity contribution is 5.89. The van der Waals surface area contributed by atoms with Crippen molar-refractivity contribution in [1.82, 2.24) is 10.6 Å². The summed E-state index contributed by atoms with van der Waals surface area (Å²) >= 11 is 0. The molecule has 3 amide bonds. The predicted octanol–water partition coefficient (Wildman–Crippen LogP) is 1.09. The van der Waals surface area contributed by atoms with E-state index in [-0.39, 0.29) is 30.9 Å². The van der Waals surface area contributed by atoms with Gasteiger partial charge in [-0.25, -0.2) is 9.59 Å². The van der Waals surface area contributed by atoms with Crippen LogP contribution in [0.1, 0.15) is 6.92 Å². The summed E-state index contributed by atoms with van der Waals surface area (Å²) in [7, 11) is 0. The molecule has 1 aromatic carbocycles. The second-order valence-electron chi connectivity index (χ2n) is 5.64. The maximum absolute atomic E-state index is 12.1. The van der Waals surface area contributed by atoms with Gasteiger partial charge in [0.2, 0.25) is 0 Å². The van der Waals surface area contributed by atoms with Gasteiger partial charge in [-0.15, -0.1) is 0 Å². The summed E-state index contributed by atoms with van der Waals surface area (Å²) in [5.74, 6) is 0. The SMILES string of the molecule is CCNC(=O)O[C@@H]1CO[C@H]2[C@@H]1OC[C@@H]2NC(=O)Nc1ccccc1. The Balaban J connectivity index is 1.51. The van der Waals surface area contributed by atoms with E-state index in [9.17, 15) is 9.59 Å². The van der Waals surface area contributed by atoms with Gasteiger partial charge in [0.05, 0.1) is 19.3 Å². The lowest BCUT2D eigenvalue weighted by Gasteiger charge is -2.18. The average Bonchev–Trinajstić information content (AvgIpc) is 3.13. The van der Waals surface area contributed by atoms with Gasteiger partial charge >= 0.3 is 12.1 Å². The van der Waals surface area contributed by atoms with E-state index in [1.54, 1.807) is 12.1 Å². The minimum atomic E-state index is -0.492. The van der Waals surface area contributed by atoms with E-state index in [4.69, 9.17) is 14.2 Å². The van der Waals surface area contributed by atoms with Crippen LogP contribution in [0.3, 0.4) is 0 Å². The van der Waals surface area contributed by atoms with Crippen molar-refractivity contribution in [2.24, 2.45) is 0 Å². The first-order valence-electron chi connectivity index (χ1n) is 7.97. The minimum Gasteiger partial charge on any atom is -0.441 e. The van der Waals surface area contributed by atoms with Gasteiger partial charge in [0.1, 0.15) is 12.2 Å². The number of anilines is 1. The Morgan fingerprint density at radius 2 is 1.92 bits per heavy atom. The Morgan fingerprint density at radius 1 is 1.17 bits per heavy atom. The molecule has 8 nitrogen and oxygen atoms in total. The molecule has 2 fully saturated rings. The molecule has 4 atom stereocenters. The lowest BCUT2D eigenvalue weighted by Crippen LogP contribution is -2.46. The number of ether oxygens (including phenoxy) is 3. The standard InChI is InChI=1S/C16H21N3O5/c1-2-17-16(21)24-12-9-23-13-11(8-22-14(12)13)19-15(20)18-10-6-4-3-5-7-10/h3-7,11-14H,2,8-9H2,1H3,(H,17,21)(H2,18,19,20)/t11-,12+,13+,14+/m0/s1. The molecule has 2 saturated heterocycles. The Labute approximate surface area is 139 Å². The quantitative estimate of drug-likeness (QED) is 0.765. The number of para-hydroxylation sites is 1. The molecular formula is C16H21N3O5. The molecule has 24 heavy (non-hydrogen) atoms. The first kappa shape index (κ1) is 16.5. The van der Waals surface area contributed by atoms with Crippen molar-refractivity contribution < 1.29 is 23.8 Å². The van der Waals surface area contributed by atoms with Crippen molar-refractivity contribution in [2.45, 2.75) is 31.3 Å². The van der Waals surface area contributed by atoms with Crippen LogP contribution in [0.5, 0.6) is 0 Å². The van der Waals surface area contributed by atoms with Crippen molar-refractivity contribution >= 4 is 17.8 Å². The number of carbonyl (C=O) groups is 2. The topological polar surface area (TPSA) is 97.9 Å². The zero-order valence-electron chi connectivity index (χ0n) is 13.4. The highest BCUT2D eigenvalue weighted by Gasteiger charge is 2.50. The highest BCUT2D eigenvalue weighted by Crippen LogP contribution is 2.29. The molecule has 2 aliphatic heterocycles. The monoisotopic (exact) mass is 335 g/mol. The third-order valence-corrected chi connectivity index (χ3v) is 3.94. The number of hydrogen-bond donors (Lipinski definition) is 3. The fraction of sp³-hybridized carbons (Fsp3) is 0.500. The fourth-order valence-electron chi connectivity index (χ4n) is 2.87. The zero-order chi connectivity index (χ0) is 16.9. The lowest BCUT2D eigenvalue weighted by atomic mass is 10.1. The van der Waals surface area contributed by atoms with E-state index in [1.165, 1.54) is 0 Å². The second-order valence-corrected chi connectivity index (χ2v) is 5.64. The number of carbonyl (C=O) groups excluding carboxylic acids is 2. The van der Waals surface area contributed by atoms with Gasteiger partial charge < -0.3 is 30.2 Å². The Kier molecular flexibility index (Phi) is 5.17. The average molecular weight is 335 g/mol. The molecule has 8 heteroatoms. The van der Waals surface area contributed by atoms with Gasteiger partial charge in [-0.1, -0.05) is 18.2 Å². The molecule has 0 saturated carbocycles. The van der Waals surface area contributed by atoms with E-state index < -0.39 is 12.2 Å². The first-order valence-corrected chi connectivity index (χ1v) is 7.97. The molecular weight excluding hydrogens is 314 g/mol. The summed E-state index contributed by atoms with van der Waals surface area (Å²) < 4.78 is 16.6. The van der Waals surface area contributed by atoms with Gasteiger partial charge in [-0.2, -0.15) is 0 Å².